The summed E-state index contributed by atoms with van der Waals surface area (Å²) in [5.74, 6) is -1.10. The van der Waals surface area contributed by atoms with Crippen LogP contribution >= 0.6 is 0 Å². The number of benzene rings is 1. The molecule has 1 aromatic carbocycles. The summed E-state index contributed by atoms with van der Waals surface area (Å²) in [6.45, 7) is 4.21. The first-order chi connectivity index (χ1) is 9.53. The second-order valence-electron chi connectivity index (χ2n) is 4.79. The molecule has 0 spiro atoms. The number of aliphatic carboxylic acids is 1. The third-order valence-corrected chi connectivity index (χ3v) is 3.69. The van der Waals surface area contributed by atoms with E-state index in [0.29, 0.717) is 13.1 Å². The van der Waals surface area contributed by atoms with Crippen molar-refractivity contribution in [2.45, 2.75) is 13.0 Å². The van der Waals surface area contributed by atoms with Gasteiger partial charge in [0.05, 0.1) is 13.1 Å². The fourth-order valence-corrected chi connectivity index (χ4v) is 2.37. The number of carbonyl (C=O) groups excluding carboxylic acids is 2. The van der Waals surface area contributed by atoms with E-state index in [2.05, 4.69) is 6.58 Å². The van der Waals surface area contributed by atoms with Gasteiger partial charge >= 0.3 is 29.6 Å². The van der Waals surface area contributed by atoms with Crippen molar-refractivity contribution in [1.29, 1.82) is 0 Å². The smallest absolute Gasteiger partial charge is 0.549 e. The molecule has 1 saturated heterocycles. The van der Waals surface area contributed by atoms with Gasteiger partial charge < -0.3 is 19.5 Å². The van der Waals surface area contributed by atoms with Crippen molar-refractivity contribution >= 4 is 11.9 Å². The van der Waals surface area contributed by atoms with E-state index in [0.717, 1.165) is 11.3 Å². The number of carbonyl (C=O) groups is 2. The van der Waals surface area contributed by atoms with Crippen molar-refractivity contribution in [3.8, 4) is 5.75 Å². The Labute approximate surface area is 145 Å². The Kier molecular flexibility index (Phi) is 6.01. The van der Waals surface area contributed by atoms with Crippen LogP contribution in [0, 0.1) is 5.41 Å². The molecule has 106 valence electrons. The van der Waals surface area contributed by atoms with Crippen LogP contribution in [-0.4, -0.2) is 30.4 Å². The largest absolute Gasteiger partial charge is 1.00 e. The maximum atomic E-state index is 12.2. The predicted octanol–water partition coefficient (Wildman–Crippen LogP) is -2.65. The molecule has 0 aromatic heterocycles. The SMILES string of the molecule is C=C[C@@]1(C(=O)[O-])CCN(Cc2ccc(OC)cc2)C1=O.[Na+]. The van der Waals surface area contributed by atoms with Crippen LogP contribution in [0.2, 0.25) is 0 Å². The van der Waals surface area contributed by atoms with Crippen molar-refractivity contribution in [3.63, 3.8) is 0 Å². The van der Waals surface area contributed by atoms with Gasteiger partial charge in [-0.15, -0.1) is 6.58 Å². The molecule has 0 unspecified atom stereocenters. The maximum Gasteiger partial charge on any atom is 1.00 e. The monoisotopic (exact) mass is 297 g/mol. The van der Waals surface area contributed by atoms with Gasteiger partial charge in [-0.05, 0) is 24.1 Å². The molecule has 2 rings (SSSR count). The van der Waals surface area contributed by atoms with Gasteiger partial charge in [0.15, 0.2) is 0 Å². The van der Waals surface area contributed by atoms with Crippen molar-refractivity contribution in [2.75, 3.05) is 13.7 Å². The number of hydrogen-bond donors (Lipinski definition) is 0. The van der Waals surface area contributed by atoms with Crippen LogP contribution in [-0.2, 0) is 16.1 Å². The summed E-state index contributed by atoms with van der Waals surface area (Å²) in [6.07, 6.45) is 1.38. The number of methoxy groups -OCH3 is 1. The minimum Gasteiger partial charge on any atom is -0.549 e. The average Bonchev–Trinajstić information content (AvgIpc) is 2.78. The molecule has 0 N–H and O–H groups in total. The topological polar surface area (TPSA) is 69.7 Å². The molecule has 0 bridgehead atoms. The molecule has 1 atom stereocenters. The summed E-state index contributed by atoms with van der Waals surface area (Å²) in [4.78, 5) is 24.9. The van der Waals surface area contributed by atoms with Gasteiger partial charge in [0, 0.05) is 13.1 Å². The van der Waals surface area contributed by atoms with Gasteiger partial charge in [-0.25, -0.2) is 0 Å². The van der Waals surface area contributed by atoms with Crippen LogP contribution in [0.3, 0.4) is 0 Å². The zero-order chi connectivity index (χ0) is 14.8. The molecular weight excluding hydrogens is 281 g/mol. The van der Waals surface area contributed by atoms with E-state index in [4.69, 9.17) is 4.74 Å². The van der Waals surface area contributed by atoms with Gasteiger partial charge in [-0.1, -0.05) is 18.2 Å². The van der Waals surface area contributed by atoms with Crippen LogP contribution < -0.4 is 39.4 Å². The zero-order valence-electron chi connectivity index (χ0n) is 12.3. The number of carboxylic acid groups (broad SMARTS) is 1. The Balaban J connectivity index is 0.00000220. The number of carboxylic acids is 1. The number of ether oxygens (including phenoxy) is 1. The Hall–Kier alpha value is -1.30. The van der Waals surface area contributed by atoms with Crippen LogP contribution in [0.25, 0.3) is 0 Å². The van der Waals surface area contributed by atoms with Gasteiger partial charge in [0.1, 0.15) is 11.2 Å². The fraction of sp³-hybridized carbons (Fsp3) is 0.333. The van der Waals surface area contributed by atoms with Gasteiger partial charge in [-0.3, -0.25) is 4.79 Å². The minimum atomic E-state index is -1.58. The molecule has 1 fully saturated rings. The quantitative estimate of drug-likeness (QED) is 0.338. The first-order valence-corrected chi connectivity index (χ1v) is 6.31. The molecule has 21 heavy (non-hydrogen) atoms. The van der Waals surface area contributed by atoms with E-state index in [1.165, 1.54) is 11.0 Å². The molecule has 6 heteroatoms. The van der Waals surface area contributed by atoms with Crippen molar-refractivity contribution in [1.82, 2.24) is 4.90 Å². The standard InChI is InChI=1S/C15H17NO4.Na/c1-3-15(14(18)19)8-9-16(13(15)17)10-11-4-6-12(20-2)7-5-11;/h3-7H,1,8-10H2,2H3,(H,18,19);/q;+1/p-1/t15-;/m1./s1. The minimum absolute atomic E-state index is 0. The molecule has 1 heterocycles. The second kappa shape index (κ2) is 7.11. The fourth-order valence-electron chi connectivity index (χ4n) is 2.37. The van der Waals surface area contributed by atoms with E-state index in [-0.39, 0.29) is 36.0 Å². The van der Waals surface area contributed by atoms with E-state index >= 15 is 0 Å². The molecule has 1 aliphatic heterocycles. The van der Waals surface area contributed by atoms with Gasteiger partial charge in [0.2, 0.25) is 5.91 Å². The Morgan fingerprint density at radius 3 is 2.52 bits per heavy atom. The number of amides is 1. The molecule has 1 aromatic rings. The number of likely N-dealkylation sites (tertiary alicyclic amines) is 1. The molecule has 0 aliphatic carbocycles. The number of nitrogens with zero attached hydrogens (tertiary/aromatic N) is 1. The van der Waals surface area contributed by atoms with Crippen LogP contribution in [0.5, 0.6) is 5.75 Å². The summed E-state index contributed by atoms with van der Waals surface area (Å²) < 4.78 is 5.06. The van der Waals surface area contributed by atoms with Crippen LogP contribution in [0.4, 0.5) is 0 Å². The van der Waals surface area contributed by atoms with Crippen molar-refractivity contribution in [3.05, 3.63) is 42.5 Å². The van der Waals surface area contributed by atoms with Crippen molar-refractivity contribution in [2.24, 2.45) is 5.41 Å². The third-order valence-electron chi connectivity index (χ3n) is 3.69. The molecule has 0 radical (unpaired) electrons. The molecule has 5 nitrogen and oxygen atoms in total. The first kappa shape index (κ1) is 17.8. The van der Waals surface area contributed by atoms with E-state index in [1.807, 2.05) is 12.1 Å². The summed E-state index contributed by atoms with van der Waals surface area (Å²) in [5, 5.41) is 11.2. The van der Waals surface area contributed by atoms with Crippen LogP contribution in [0.15, 0.2) is 36.9 Å². The predicted molar refractivity (Wildman–Crippen MR) is 70.7 cm³/mol. The summed E-state index contributed by atoms with van der Waals surface area (Å²) in [6, 6.07) is 7.29. The normalized spacial score (nSPS) is 20.8. The number of rotatable bonds is 5. The summed E-state index contributed by atoms with van der Waals surface area (Å²) in [7, 11) is 1.58. The first-order valence-electron chi connectivity index (χ1n) is 6.31. The Morgan fingerprint density at radius 2 is 2.10 bits per heavy atom. The maximum absolute atomic E-state index is 12.2. The van der Waals surface area contributed by atoms with Gasteiger partial charge in [-0.2, -0.15) is 0 Å². The Bertz CT molecular complexity index is 543. The third kappa shape index (κ3) is 3.31. The molecular formula is C15H16NNaO4. The number of hydrogen-bond acceptors (Lipinski definition) is 4. The summed E-state index contributed by atoms with van der Waals surface area (Å²) >= 11 is 0. The van der Waals surface area contributed by atoms with Crippen molar-refractivity contribution < 1.29 is 49.0 Å². The molecule has 1 amide bonds. The van der Waals surface area contributed by atoms with E-state index < -0.39 is 17.3 Å². The Morgan fingerprint density at radius 1 is 1.48 bits per heavy atom. The van der Waals surface area contributed by atoms with E-state index in [1.54, 1.807) is 19.2 Å². The average molecular weight is 297 g/mol. The van der Waals surface area contributed by atoms with Gasteiger partial charge in [0.25, 0.3) is 0 Å². The molecule has 0 saturated carbocycles. The molecule has 1 aliphatic rings. The van der Waals surface area contributed by atoms with E-state index in [9.17, 15) is 14.7 Å². The zero-order valence-corrected chi connectivity index (χ0v) is 14.3. The second-order valence-corrected chi connectivity index (χ2v) is 4.79. The summed E-state index contributed by atoms with van der Waals surface area (Å²) in [5.41, 5.74) is -0.663. The van der Waals surface area contributed by atoms with Crippen LogP contribution in [0.1, 0.15) is 12.0 Å².